The third kappa shape index (κ3) is 5.71. The molecule has 1 saturated heterocycles. The topological polar surface area (TPSA) is 57.7 Å². The summed E-state index contributed by atoms with van der Waals surface area (Å²) in [6.07, 6.45) is 1.72. The van der Waals surface area contributed by atoms with Gasteiger partial charge in [-0.25, -0.2) is 4.79 Å². The third-order valence-corrected chi connectivity index (χ3v) is 7.29. The van der Waals surface area contributed by atoms with Crippen LogP contribution >= 0.6 is 11.6 Å². The molecule has 0 atom stereocenters. The van der Waals surface area contributed by atoms with Gasteiger partial charge in [0.25, 0.3) is 0 Å². The molecule has 1 aliphatic rings. The highest BCUT2D eigenvalue weighted by Gasteiger charge is 2.20. The third-order valence-electron chi connectivity index (χ3n) is 7.05. The number of piperazine rings is 1. The highest BCUT2D eigenvalue weighted by molar-refractivity contribution is 6.31. The molecule has 2 heterocycles. The van der Waals surface area contributed by atoms with Gasteiger partial charge in [0.05, 0.1) is 16.8 Å². The van der Waals surface area contributed by atoms with E-state index < -0.39 is 0 Å². The average molecular weight is 515 g/mol. The Labute approximate surface area is 222 Å². The van der Waals surface area contributed by atoms with Crippen molar-refractivity contribution in [3.05, 3.63) is 94.6 Å². The lowest BCUT2D eigenvalue weighted by Gasteiger charge is -2.36. The quantitative estimate of drug-likeness (QED) is 0.295. The zero-order chi connectivity index (χ0) is 25.8. The minimum absolute atomic E-state index is 0.335. The molecule has 0 amide bonds. The van der Waals surface area contributed by atoms with E-state index in [0.29, 0.717) is 22.9 Å². The van der Waals surface area contributed by atoms with Gasteiger partial charge in [0.15, 0.2) is 0 Å². The molecule has 0 aliphatic carbocycles. The van der Waals surface area contributed by atoms with Crippen molar-refractivity contribution in [1.82, 2.24) is 9.88 Å². The first-order chi connectivity index (χ1) is 18.0. The second-order valence-electron chi connectivity index (χ2n) is 9.37. The molecule has 37 heavy (non-hydrogen) atoms. The molecule has 0 bridgehead atoms. The number of fused-ring (bicyclic) bond motifs is 1. The van der Waals surface area contributed by atoms with Gasteiger partial charge in [-0.15, -0.1) is 0 Å². The van der Waals surface area contributed by atoms with Gasteiger partial charge >= 0.3 is 5.97 Å². The molecule has 0 spiro atoms. The van der Waals surface area contributed by atoms with Crippen molar-refractivity contribution in [3.8, 4) is 0 Å². The van der Waals surface area contributed by atoms with E-state index in [1.807, 2.05) is 42.5 Å². The Kier molecular flexibility index (Phi) is 7.58. The summed E-state index contributed by atoms with van der Waals surface area (Å²) in [4.78, 5) is 22.2. The zero-order valence-corrected chi connectivity index (χ0v) is 22.0. The largest absolute Gasteiger partial charge is 0.461 e. The number of benzene rings is 3. The van der Waals surface area contributed by atoms with Crippen LogP contribution in [0, 0.1) is 13.8 Å². The van der Waals surface area contributed by atoms with Crippen LogP contribution in [0.1, 0.15) is 21.5 Å². The van der Waals surface area contributed by atoms with Gasteiger partial charge < -0.3 is 15.0 Å². The van der Waals surface area contributed by atoms with Crippen molar-refractivity contribution in [3.63, 3.8) is 0 Å². The van der Waals surface area contributed by atoms with Gasteiger partial charge in [0, 0.05) is 60.7 Å². The fourth-order valence-corrected chi connectivity index (χ4v) is 4.95. The summed E-state index contributed by atoms with van der Waals surface area (Å²) >= 11 is 6.12. The maximum atomic E-state index is 13.0. The Morgan fingerprint density at radius 1 is 0.973 bits per heavy atom. The first kappa shape index (κ1) is 25.1. The molecule has 1 N–H and O–H groups in total. The summed E-state index contributed by atoms with van der Waals surface area (Å²) in [5.41, 5.74) is 6.82. The first-order valence-corrected chi connectivity index (χ1v) is 13.0. The molecule has 7 heteroatoms. The van der Waals surface area contributed by atoms with Gasteiger partial charge in [-0.2, -0.15) is 0 Å². The van der Waals surface area contributed by atoms with Crippen LogP contribution in [0.15, 0.2) is 72.9 Å². The first-order valence-electron chi connectivity index (χ1n) is 12.6. The van der Waals surface area contributed by atoms with Crippen LogP contribution in [-0.2, 0) is 4.74 Å². The summed E-state index contributed by atoms with van der Waals surface area (Å²) in [7, 11) is 0. The predicted molar refractivity (Wildman–Crippen MR) is 151 cm³/mol. The molecule has 5 rings (SSSR count). The van der Waals surface area contributed by atoms with E-state index >= 15 is 0 Å². The second-order valence-corrected chi connectivity index (χ2v) is 9.81. The number of hydrogen-bond acceptors (Lipinski definition) is 6. The fourth-order valence-electron chi connectivity index (χ4n) is 4.78. The van der Waals surface area contributed by atoms with Crippen molar-refractivity contribution in [2.24, 2.45) is 0 Å². The number of pyridine rings is 1. The van der Waals surface area contributed by atoms with Gasteiger partial charge in [-0.1, -0.05) is 35.9 Å². The van der Waals surface area contributed by atoms with Crippen molar-refractivity contribution < 1.29 is 9.53 Å². The molecule has 0 unspecified atom stereocenters. The number of halogens is 1. The SMILES string of the molecule is Cc1cccc(N2CCN(CCOC(=O)c3ccccc3Nc3ccnc4cc(Cl)ccc34)CC2)c1C. The van der Waals surface area contributed by atoms with Crippen molar-refractivity contribution >= 4 is 45.5 Å². The Bertz CT molecular complexity index is 1420. The summed E-state index contributed by atoms with van der Waals surface area (Å²) in [6.45, 7) is 9.25. The van der Waals surface area contributed by atoms with Crippen LogP contribution in [0.25, 0.3) is 10.9 Å². The monoisotopic (exact) mass is 514 g/mol. The zero-order valence-electron chi connectivity index (χ0n) is 21.2. The summed E-state index contributed by atoms with van der Waals surface area (Å²) in [6, 6.07) is 21.4. The summed E-state index contributed by atoms with van der Waals surface area (Å²) in [5.74, 6) is -0.335. The van der Waals surface area contributed by atoms with E-state index in [-0.39, 0.29) is 5.97 Å². The highest BCUT2D eigenvalue weighted by atomic mass is 35.5. The lowest BCUT2D eigenvalue weighted by Crippen LogP contribution is -2.47. The minimum Gasteiger partial charge on any atom is -0.461 e. The Hall–Kier alpha value is -3.61. The average Bonchev–Trinajstić information content (AvgIpc) is 2.91. The Balaban J connectivity index is 1.17. The number of nitrogens with zero attached hydrogens (tertiary/aromatic N) is 3. The summed E-state index contributed by atoms with van der Waals surface area (Å²) in [5, 5.41) is 4.94. The van der Waals surface area contributed by atoms with E-state index in [4.69, 9.17) is 16.3 Å². The van der Waals surface area contributed by atoms with Crippen LogP contribution in [0.4, 0.5) is 17.1 Å². The lowest BCUT2D eigenvalue weighted by molar-refractivity contribution is 0.0460. The number of rotatable bonds is 7. The number of esters is 1. The van der Waals surface area contributed by atoms with Crippen LogP contribution in [0.3, 0.4) is 0 Å². The van der Waals surface area contributed by atoms with Gasteiger partial charge in [-0.3, -0.25) is 9.88 Å². The number of hydrogen-bond donors (Lipinski definition) is 1. The maximum absolute atomic E-state index is 13.0. The Morgan fingerprint density at radius 3 is 2.62 bits per heavy atom. The van der Waals surface area contributed by atoms with Crippen LogP contribution < -0.4 is 10.2 Å². The number of carbonyl (C=O) groups is 1. The Morgan fingerprint density at radius 2 is 1.78 bits per heavy atom. The van der Waals surface area contributed by atoms with Crippen molar-refractivity contribution in [1.29, 1.82) is 0 Å². The van der Waals surface area contributed by atoms with E-state index in [1.165, 1.54) is 16.8 Å². The minimum atomic E-state index is -0.335. The number of ether oxygens (including phenoxy) is 1. The van der Waals surface area contributed by atoms with Gasteiger partial charge in [0.2, 0.25) is 0 Å². The number of aryl methyl sites for hydroxylation is 1. The van der Waals surface area contributed by atoms with E-state index in [9.17, 15) is 4.79 Å². The van der Waals surface area contributed by atoms with Crippen molar-refractivity contribution in [2.75, 3.05) is 49.5 Å². The highest BCUT2D eigenvalue weighted by Crippen LogP contribution is 2.29. The van der Waals surface area contributed by atoms with E-state index in [1.54, 1.807) is 12.3 Å². The number of anilines is 3. The maximum Gasteiger partial charge on any atom is 0.340 e. The normalized spacial score (nSPS) is 14.1. The number of para-hydroxylation sites is 1. The number of carbonyl (C=O) groups excluding carboxylic acids is 1. The molecule has 3 aromatic carbocycles. The predicted octanol–water partition coefficient (Wildman–Crippen LogP) is 6.23. The molecule has 1 aromatic heterocycles. The molecule has 0 radical (unpaired) electrons. The van der Waals surface area contributed by atoms with Gasteiger partial charge in [-0.05, 0) is 67.4 Å². The standard InChI is InChI=1S/C30H31ClN4O2/c1-21-6-5-9-29(22(21)2)35-16-14-34(15-17-35)18-19-37-30(36)25-7-3-4-8-26(25)33-27-12-13-32-28-20-23(31)10-11-24(27)28/h3-13,20H,14-19H2,1-2H3,(H,32,33). The van der Waals surface area contributed by atoms with Crippen LogP contribution in [0.5, 0.6) is 0 Å². The molecule has 6 nitrogen and oxygen atoms in total. The lowest BCUT2D eigenvalue weighted by atomic mass is 10.1. The molecule has 0 saturated carbocycles. The van der Waals surface area contributed by atoms with E-state index in [2.05, 4.69) is 52.1 Å². The fraction of sp³-hybridized carbons (Fsp3) is 0.267. The molecule has 4 aromatic rings. The smallest absolute Gasteiger partial charge is 0.340 e. The molecule has 1 aliphatic heterocycles. The molecule has 190 valence electrons. The van der Waals surface area contributed by atoms with Crippen LogP contribution in [-0.4, -0.2) is 55.2 Å². The number of aromatic nitrogens is 1. The summed E-state index contributed by atoms with van der Waals surface area (Å²) < 4.78 is 5.69. The molecule has 1 fully saturated rings. The second kappa shape index (κ2) is 11.2. The van der Waals surface area contributed by atoms with E-state index in [0.717, 1.165) is 49.3 Å². The van der Waals surface area contributed by atoms with Crippen LogP contribution in [0.2, 0.25) is 5.02 Å². The van der Waals surface area contributed by atoms with Gasteiger partial charge in [0.1, 0.15) is 6.61 Å². The van der Waals surface area contributed by atoms with Crippen molar-refractivity contribution in [2.45, 2.75) is 13.8 Å². The molecular formula is C30H31ClN4O2. The molecular weight excluding hydrogens is 484 g/mol. The number of nitrogens with one attached hydrogen (secondary N) is 1.